The molecule has 0 aromatic heterocycles. The molecule has 1 fully saturated rings. The van der Waals surface area contributed by atoms with E-state index in [1.54, 1.807) is 12.1 Å². The number of nitrogens with one attached hydrogen (secondary N) is 1. The third kappa shape index (κ3) is 3.63. The number of rotatable bonds is 4. The number of halogens is 1. The zero-order valence-corrected chi connectivity index (χ0v) is 12.4. The van der Waals surface area contributed by atoms with Crippen molar-refractivity contribution in [1.82, 2.24) is 5.32 Å². The fraction of sp³-hybridized carbons (Fsp3) is 0.235. The van der Waals surface area contributed by atoms with E-state index in [2.05, 4.69) is 5.32 Å². The van der Waals surface area contributed by atoms with Gasteiger partial charge in [-0.1, -0.05) is 48.5 Å². The number of carbonyl (C=O) groups is 1. The van der Waals surface area contributed by atoms with E-state index in [4.69, 9.17) is 4.74 Å². The second-order valence-electron chi connectivity index (χ2n) is 5.02. The van der Waals surface area contributed by atoms with Crippen molar-refractivity contribution in [1.29, 1.82) is 0 Å². The maximum absolute atomic E-state index is 12.2. The molecule has 1 saturated heterocycles. The van der Waals surface area contributed by atoms with Crippen molar-refractivity contribution >= 4 is 18.4 Å². The predicted octanol–water partition coefficient (Wildman–Crippen LogP) is 3.23. The third-order valence-corrected chi connectivity index (χ3v) is 3.61. The first-order valence-electron chi connectivity index (χ1n) is 6.86. The number of hydrogen-bond acceptors (Lipinski definition) is 3. The first kappa shape index (κ1) is 15.5. The molecule has 0 amide bonds. The molecule has 0 bridgehead atoms. The molecule has 110 valence electrons. The Morgan fingerprint density at radius 2 is 1.57 bits per heavy atom. The second-order valence-corrected chi connectivity index (χ2v) is 5.02. The Morgan fingerprint density at radius 1 is 1.00 bits per heavy atom. The highest BCUT2D eigenvalue weighted by atomic mass is 35.5. The second kappa shape index (κ2) is 7.25. The van der Waals surface area contributed by atoms with Crippen LogP contribution < -0.4 is 5.32 Å². The van der Waals surface area contributed by atoms with Gasteiger partial charge in [0.25, 0.3) is 0 Å². The van der Waals surface area contributed by atoms with E-state index >= 15 is 0 Å². The zero-order valence-electron chi connectivity index (χ0n) is 11.6. The number of carbonyl (C=O) groups excluding carboxylic acids is 1. The molecule has 1 atom stereocenters. The molecule has 2 aromatic carbocycles. The van der Waals surface area contributed by atoms with Crippen LogP contribution in [0.15, 0.2) is 60.7 Å². The zero-order chi connectivity index (χ0) is 13.8. The van der Waals surface area contributed by atoms with Crippen molar-refractivity contribution in [2.24, 2.45) is 5.92 Å². The lowest BCUT2D eigenvalue weighted by atomic mass is 9.91. The lowest BCUT2D eigenvalue weighted by Crippen LogP contribution is -2.46. The van der Waals surface area contributed by atoms with Crippen LogP contribution in [0, 0.1) is 5.92 Å². The molecule has 1 heterocycles. The highest BCUT2D eigenvalue weighted by Crippen LogP contribution is 2.29. The SMILES string of the molecule is Cl.O=C(O[C@@H](c1ccccc1)C1CNC1)c1ccccc1. The van der Waals surface area contributed by atoms with Crippen LogP contribution in [0.4, 0.5) is 0 Å². The van der Waals surface area contributed by atoms with Crippen LogP contribution in [0.3, 0.4) is 0 Å². The van der Waals surface area contributed by atoms with Crippen molar-refractivity contribution in [2.45, 2.75) is 6.10 Å². The van der Waals surface area contributed by atoms with E-state index in [1.807, 2.05) is 48.5 Å². The quantitative estimate of drug-likeness (QED) is 0.881. The molecular weight excluding hydrogens is 286 g/mol. The number of ether oxygens (including phenoxy) is 1. The van der Waals surface area contributed by atoms with Crippen LogP contribution in [0.1, 0.15) is 22.0 Å². The van der Waals surface area contributed by atoms with Crippen LogP contribution in [-0.4, -0.2) is 19.1 Å². The molecule has 3 nitrogen and oxygen atoms in total. The van der Waals surface area contributed by atoms with Gasteiger partial charge in [0.1, 0.15) is 6.10 Å². The van der Waals surface area contributed by atoms with Crippen LogP contribution in [-0.2, 0) is 4.74 Å². The van der Waals surface area contributed by atoms with Gasteiger partial charge in [0.15, 0.2) is 0 Å². The van der Waals surface area contributed by atoms with Gasteiger partial charge in [0.05, 0.1) is 5.56 Å². The summed E-state index contributed by atoms with van der Waals surface area (Å²) in [7, 11) is 0. The molecule has 2 aromatic rings. The highest BCUT2D eigenvalue weighted by molar-refractivity contribution is 5.89. The van der Waals surface area contributed by atoms with Crippen LogP contribution >= 0.6 is 12.4 Å². The maximum atomic E-state index is 12.2. The summed E-state index contributed by atoms with van der Waals surface area (Å²) in [5.41, 5.74) is 1.66. The van der Waals surface area contributed by atoms with Gasteiger partial charge in [0, 0.05) is 19.0 Å². The van der Waals surface area contributed by atoms with Crippen molar-refractivity contribution in [3.63, 3.8) is 0 Å². The largest absolute Gasteiger partial charge is 0.453 e. The fourth-order valence-corrected chi connectivity index (χ4v) is 2.36. The summed E-state index contributed by atoms with van der Waals surface area (Å²) in [5.74, 6) is 0.0939. The van der Waals surface area contributed by atoms with Gasteiger partial charge >= 0.3 is 5.97 Å². The summed E-state index contributed by atoms with van der Waals surface area (Å²) in [5, 5.41) is 3.23. The molecule has 0 radical (unpaired) electrons. The molecule has 21 heavy (non-hydrogen) atoms. The summed E-state index contributed by atoms with van der Waals surface area (Å²) in [6.07, 6.45) is -0.176. The topological polar surface area (TPSA) is 38.3 Å². The van der Waals surface area contributed by atoms with E-state index in [1.165, 1.54) is 0 Å². The molecule has 1 aliphatic heterocycles. The van der Waals surface area contributed by atoms with Crippen LogP contribution in [0.5, 0.6) is 0 Å². The summed E-state index contributed by atoms with van der Waals surface area (Å²) < 4.78 is 5.75. The third-order valence-electron chi connectivity index (χ3n) is 3.61. The Morgan fingerprint density at radius 3 is 2.10 bits per heavy atom. The average Bonchev–Trinajstić information content (AvgIpc) is 2.46. The van der Waals surface area contributed by atoms with Crippen molar-refractivity contribution < 1.29 is 9.53 Å². The first-order chi connectivity index (χ1) is 9.84. The average molecular weight is 304 g/mol. The first-order valence-corrected chi connectivity index (χ1v) is 6.86. The fourth-order valence-electron chi connectivity index (χ4n) is 2.36. The van der Waals surface area contributed by atoms with Gasteiger partial charge in [-0.3, -0.25) is 0 Å². The molecule has 4 heteroatoms. The lowest BCUT2D eigenvalue weighted by Gasteiger charge is -2.34. The summed E-state index contributed by atoms with van der Waals surface area (Å²) >= 11 is 0. The lowest BCUT2D eigenvalue weighted by molar-refractivity contribution is 0.00393. The Hall–Kier alpha value is -1.84. The van der Waals surface area contributed by atoms with E-state index in [-0.39, 0.29) is 24.5 Å². The number of esters is 1. The Bertz CT molecular complexity index is 570. The Kier molecular flexibility index (Phi) is 5.37. The Balaban J connectivity index is 0.00000161. The van der Waals surface area contributed by atoms with E-state index in [0.717, 1.165) is 18.7 Å². The van der Waals surface area contributed by atoms with Gasteiger partial charge in [-0.25, -0.2) is 4.79 Å². The molecule has 0 unspecified atom stereocenters. The number of hydrogen-bond donors (Lipinski definition) is 1. The van der Waals surface area contributed by atoms with Crippen molar-refractivity contribution in [3.05, 3.63) is 71.8 Å². The minimum atomic E-state index is -0.258. The van der Waals surface area contributed by atoms with Crippen molar-refractivity contribution in [3.8, 4) is 0 Å². The van der Waals surface area contributed by atoms with Gasteiger partial charge in [-0.05, 0) is 17.7 Å². The van der Waals surface area contributed by atoms with Gasteiger partial charge in [-0.15, -0.1) is 12.4 Å². The molecule has 0 aliphatic carbocycles. The number of benzene rings is 2. The van der Waals surface area contributed by atoms with E-state index < -0.39 is 0 Å². The van der Waals surface area contributed by atoms with Crippen molar-refractivity contribution in [2.75, 3.05) is 13.1 Å². The van der Waals surface area contributed by atoms with Gasteiger partial charge < -0.3 is 10.1 Å². The van der Waals surface area contributed by atoms with E-state index in [0.29, 0.717) is 11.5 Å². The highest BCUT2D eigenvalue weighted by Gasteiger charge is 2.31. The summed E-state index contributed by atoms with van der Waals surface area (Å²) in [4.78, 5) is 12.2. The minimum absolute atomic E-state index is 0. The smallest absolute Gasteiger partial charge is 0.338 e. The molecule has 1 N–H and O–H groups in total. The van der Waals surface area contributed by atoms with E-state index in [9.17, 15) is 4.79 Å². The minimum Gasteiger partial charge on any atom is -0.453 e. The molecule has 3 rings (SSSR count). The molecular formula is C17H18ClNO2. The standard InChI is InChI=1S/C17H17NO2.ClH/c19-17(14-9-5-2-6-10-14)20-16(15-11-18-12-15)13-7-3-1-4-8-13;/h1-10,15-16,18H,11-12H2;1H/t16-;/m0./s1. The van der Waals surface area contributed by atoms with Crippen LogP contribution in [0.2, 0.25) is 0 Å². The molecule has 1 aliphatic rings. The summed E-state index contributed by atoms with van der Waals surface area (Å²) in [6, 6.07) is 19.1. The summed E-state index contributed by atoms with van der Waals surface area (Å²) in [6.45, 7) is 1.78. The van der Waals surface area contributed by atoms with Crippen LogP contribution in [0.25, 0.3) is 0 Å². The van der Waals surface area contributed by atoms with Gasteiger partial charge in [0.2, 0.25) is 0 Å². The Labute approximate surface area is 130 Å². The van der Waals surface area contributed by atoms with Gasteiger partial charge in [-0.2, -0.15) is 0 Å². The molecule has 0 saturated carbocycles. The molecule has 0 spiro atoms. The maximum Gasteiger partial charge on any atom is 0.338 e. The monoisotopic (exact) mass is 303 g/mol. The normalized spacial score (nSPS) is 15.4. The predicted molar refractivity (Wildman–Crippen MR) is 84.6 cm³/mol.